The molecule has 0 spiro atoms. The van der Waals surface area contributed by atoms with Crippen molar-refractivity contribution in [3.05, 3.63) is 63.9 Å². The molecule has 2 aliphatic rings. The van der Waals surface area contributed by atoms with Crippen LogP contribution in [0.1, 0.15) is 32.1 Å². The van der Waals surface area contributed by atoms with Crippen LogP contribution in [0, 0.1) is 11.7 Å². The molecule has 2 aromatic heterocycles. The molecule has 1 saturated heterocycles. The first kappa shape index (κ1) is 23.3. The smallest absolute Gasteiger partial charge is 0.285 e. The van der Waals surface area contributed by atoms with Crippen molar-refractivity contribution < 1.29 is 13.9 Å². The Balaban J connectivity index is 1.25. The first-order valence-corrected chi connectivity index (χ1v) is 12.1. The molecule has 2 fully saturated rings. The van der Waals surface area contributed by atoms with Crippen molar-refractivity contribution in [3.8, 4) is 17.0 Å². The Morgan fingerprint density at radius 1 is 1.20 bits per heavy atom. The zero-order chi connectivity index (χ0) is 24.4. The second kappa shape index (κ2) is 10.0. The van der Waals surface area contributed by atoms with E-state index in [1.807, 2.05) is 4.90 Å². The van der Waals surface area contributed by atoms with Crippen LogP contribution in [-0.2, 0) is 4.79 Å². The number of carbonyl (C=O) groups excluding carboxylic acids is 1. The third-order valence-electron chi connectivity index (χ3n) is 6.56. The molecule has 1 aliphatic carbocycles. The number of pyridine rings is 1. The number of hydrogen-bond donors (Lipinski definition) is 2. The predicted molar refractivity (Wildman–Crippen MR) is 131 cm³/mol. The number of halogens is 2. The van der Waals surface area contributed by atoms with Gasteiger partial charge in [0.15, 0.2) is 0 Å². The molecular weight excluding hydrogens is 473 g/mol. The van der Waals surface area contributed by atoms with Gasteiger partial charge in [0.25, 0.3) is 5.56 Å². The predicted octanol–water partition coefficient (Wildman–Crippen LogP) is 4.41. The Labute approximate surface area is 206 Å². The Bertz CT molecular complexity index is 1290. The molecule has 2 N–H and O–H groups in total. The lowest BCUT2D eigenvalue weighted by molar-refractivity contribution is -0.119. The number of H-pyrrole nitrogens is 1. The molecule has 1 amide bonds. The van der Waals surface area contributed by atoms with Crippen LogP contribution in [0.3, 0.4) is 0 Å². The van der Waals surface area contributed by atoms with Gasteiger partial charge < -0.3 is 15.0 Å². The maximum Gasteiger partial charge on any atom is 0.285 e. The molecule has 8 nitrogen and oxygen atoms in total. The van der Waals surface area contributed by atoms with Crippen molar-refractivity contribution in [2.24, 2.45) is 5.92 Å². The highest BCUT2D eigenvalue weighted by Crippen LogP contribution is 2.31. The topological polar surface area (TPSA) is 100 Å². The first-order chi connectivity index (χ1) is 17.0. The highest BCUT2D eigenvalue weighted by molar-refractivity contribution is 6.33. The van der Waals surface area contributed by atoms with E-state index in [2.05, 4.69) is 20.5 Å². The average Bonchev–Trinajstić information content (AvgIpc) is 3.54. The van der Waals surface area contributed by atoms with Crippen LogP contribution >= 0.6 is 11.6 Å². The quantitative estimate of drug-likeness (QED) is 0.523. The van der Waals surface area contributed by atoms with Crippen LogP contribution in [0.5, 0.6) is 5.88 Å². The highest BCUT2D eigenvalue weighted by atomic mass is 35.5. The fourth-order valence-electron chi connectivity index (χ4n) is 4.71. The van der Waals surface area contributed by atoms with Gasteiger partial charge >= 0.3 is 0 Å². The molecule has 3 heterocycles. The van der Waals surface area contributed by atoms with Gasteiger partial charge in [0.05, 0.1) is 18.4 Å². The lowest BCUT2D eigenvalue weighted by Gasteiger charge is -2.19. The zero-order valence-electron chi connectivity index (χ0n) is 19.0. The highest BCUT2D eigenvalue weighted by Gasteiger charge is 2.27. The molecule has 1 aliphatic heterocycles. The van der Waals surface area contributed by atoms with E-state index in [1.54, 1.807) is 30.5 Å². The lowest BCUT2D eigenvalue weighted by Crippen LogP contribution is -2.26. The minimum Gasteiger partial charge on any atom is -0.472 e. The summed E-state index contributed by atoms with van der Waals surface area (Å²) in [6.45, 7) is 1.17. The maximum absolute atomic E-state index is 14.9. The fourth-order valence-corrected chi connectivity index (χ4v) is 4.92. The second-order valence-corrected chi connectivity index (χ2v) is 9.30. The molecule has 1 atom stereocenters. The SMILES string of the molecule is O=C(Nc1ccc(-c2ccnc(O[C@@H]3CCN(c4cn[nH]c(=O)c4Cl)C3)c2)c(F)c1)C1CCCC1. The van der Waals surface area contributed by atoms with E-state index in [9.17, 15) is 14.0 Å². The number of aromatic nitrogens is 3. The van der Waals surface area contributed by atoms with E-state index < -0.39 is 11.4 Å². The van der Waals surface area contributed by atoms with E-state index in [1.165, 1.54) is 12.3 Å². The summed E-state index contributed by atoms with van der Waals surface area (Å²) in [7, 11) is 0. The molecule has 3 aromatic rings. The van der Waals surface area contributed by atoms with E-state index in [0.717, 1.165) is 25.7 Å². The number of nitrogens with one attached hydrogen (secondary N) is 2. The number of ether oxygens (including phenoxy) is 1. The minimum absolute atomic E-state index is 0.0130. The average molecular weight is 498 g/mol. The number of hydrogen-bond acceptors (Lipinski definition) is 6. The van der Waals surface area contributed by atoms with Crippen molar-refractivity contribution in [1.29, 1.82) is 0 Å². The lowest BCUT2D eigenvalue weighted by atomic mass is 10.0. The van der Waals surface area contributed by atoms with Crippen LogP contribution in [0.15, 0.2) is 47.5 Å². The van der Waals surface area contributed by atoms with Gasteiger partial charge in [-0.1, -0.05) is 24.4 Å². The number of rotatable bonds is 6. The number of aromatic amines is 1. The molecule has 5 rings (SSSR count). The summed E-state index contributed by atoms with van der Waals surface area (Å²) >= 11 is 6.12. The van der Waals surface area contributed by atoms with E-state index in [-0.39, 0.29) is 23.0 Å². The van der Waals surface area contributed by atoms with Crippen LogP contribution in [0.2, 0.25) is 5.02 Å². The van der Waals surface area contributed by atoms with Gasteiger partial charge in [-0.3, -0.25) is 9.59 Å². The van der Waals surface area contributed by atoms with Gasteiger partial charge in [-0.05, 0) is 42.7 Å². The van der Waals surface area contributed by atoms with E-state index in [4.69, 9.17) is 16.3 Å². The van der Waals surface area contributed by atoms with Crippen molar-refractivity contribution in [2.75, 3.05) is 23.3 Å². The number of carbonyl (C=O) groups is 1. The molecular formula is C25H25ClFN5O3. The van der Waals surface area contributed by atoms with Crippen molar-refractivity contribution >= 4 is 28.9 Å². The molecule has 0 bridgehead atoms. The second-order valence-electron chi connectivity index (χ2n) is 8.92. The van der Waals surface area contributed by atoms with Gasteiger partial charge in [-0.15, -0.1) is 0 Å². The summed E-state index contributed by atoms with van der Waals surface area (Å²) in [4.78, 5) is 30.3. The van der Waals surface area contributed by atoms with Crippen LogP contribution in [0.4, 0.5) is 15.8 Å². The first-order valence-electron chi connectivity index (χ1n) is 11.7. The molecule has 1 aromatic carbocycles. The molecule has 10 heteroatoms. The van der Waals surface area contributed by atoms with Crippen molar-refractivity contribution in [3.63, 3.8) is 0 Å². The standard InChI is InChI=1S/C25H25ClFN5O3/c26-23-21(13-29-31-25(23)34)32-10-8-18(14-32)35-22-11-16(7-9-28-22)19-6-5-17(12-20(19)27)30-24(33)15-3-1-2-4-15/h5-7,9,11-13,15,18H,1-4,8,10,14H2,(H,30,33)(H,31,34)/t18-/m1/s1. The van der Waals surface area contributed by atoms with E-state index in [0.29, 0.717) is 47.9 Å². The van der Waals surface area contributed by atoms with E-state index >= 15 is 0 Å². The third kappa shape index (κ3) is 5.14. The van der Waals surface area contributed by atoms with Gasteiger partial charge in [-0.25, -0.2) is 14.5 Å². The summed E-state index contributed by atoms with van der Waals surface area (Å²) in [6.07, 6.45) is 7.53. The number of benzene rings is 1. The van der Waals surface area contributed by atoms with Crippen LogP contribution in [0.25, 0.3) is 11.1 Å². The monoisotopic (exact) mass is 497 g/mol. The summed E-state index contributed by atoms with van der Waals surface area (Å²) in [5.74, 6) is -0.0894. The number of nitrogens with zero attached hydrogens (tertiary/aromatic N) is 3. The maximum atomic E-state index is 14.9. The number of anilines is 2. The summed E-state index contributed by atoms with van der Waals surface area (Å²) in [6, 6.07) is 8.11. The molecule has 182 valence electrons. The fraction of sp³-hybridized carbons (Fsp3) is 0.360. The Morgan fingerprint density at radius 2 is 2.03 bits per heavy atom. The normalized spacial score (nSPS) is 18.1. The largest absolute Gasteiger partial charge is 0.472 e. The summed E-state index contributed by atoms with van der Waals surface area (Å²) in [5, 5.41) is 9.06. The Kier molecular flexibility index (Phi) is 6.68. The summed E-state index contributed by atoms with van der Waals surface area (Å²) < 4.78 is 21.0. The third-order valence-corrected chi connectivity index (χ3v) is 6.92. The van der Waals surface area contributed by atoms with Gasteiger partial charge in [0, 0.05) is 42.4 Å². The Morgan fingerprint density at radius 3 is 2.83 bits per heavy atom. The molecule has 0 radical (unpaired) electrons. The molecule has 35 heavy (non-hydrogen) atoms. The number of amides is 1. The zero-order valence-corrected chi connectivity index (χ0v) is 19.7. The van der Waals surface area contributed by atoms with Gasteiger partial charge in [0.1, 0.15) is 16.9 Å². The van der Waals surface area contributed by atoms with Crippen LogP contribution in [-0.4, -0.2) is 40.3 Å². The van der Waals surface area contributed by atoms with Gasteiger partial charge in [0.2, 0.25) is 11.8 Å². The van der Waals surface area contributed by atoms with Gasteiger partial charge in [-0.2, -0.15) is 5.10 Å². The Hall–Kier alpha value is -3.46. The molecule has 0 unspecified atom stereocenters. The minimum atomic E-state index is -0.436. The molecule has 1 saturated carbocycles. The van der Waals surface area contributed by atoms with Crippen LogP contribution < -0.4 is 20.5 Å². The summed E-state index contributed by atoms with van der Waals surface area (Å²) in [5.41, 5.74) is 1.59. The van der Waals surface area contributed by atoms with Crippen molar-refractivity contribution in [2.45, 2.75) is 38.2 Å². The van der Waals surface area contributed by atoms with Crippen molar-refractivity contribution in [1.82, 2.24) is 15.2 Å².